The maximum absolute atomic E-state index is 13.3. The van der Waals surface area contributed by atoms with E-state index in [-0.39, 0.29) is 52.6 Å². The molecule has 0 aromatic heterocycles. The zero-order valence-electron chi connectivity index (χ0n) is 19.8. The molecular weight excluding hydrogens is 470 g/mol. The number of hydrogen-bond acceptors (Lipinski definition) is 10. The van der Waals surface area contributed by atoms with Crippen LogP contribution in [-0.4, -0.2) is 73.3 Å². The van der Waals surface area contributed by atoms with Crippen LogP contribution in [0.15, 0.2) is 24.3 Å². The lowest BCUT2D eigenvalue weighted by Gasteiger charge is -2.43. The Morgan fingerprint density at radius 1 is 1.11 bits per heavy atom. The number of aliphatic hydroxyl groups excluding tert-OH is 2. The van der Waals surface area contributed by atoms with E-state index in [1.807, 2.05) is 0 Å². The Labute approximate surface area is 206 Å². The van der Waals surface area contributed by atoms with Crippen molar-refractivity contribution in [1.82, 2.24) is 0 Å². The quantitative estimate of drug-likeness (QED) is 0.282. The number of rotatable bonds is 3. The summed E-state index contributed by atoms with van der Waals surface area (Å²) in [5.74, 6) is -2.35. The highest BCUT2D eigenvalue weighted by molar-refractivity contribution is 6.30. The van der Waals surface area contributed by atoms with Gasteiger partial charge in [0.1, 0.15) is 11.5 Å². The Kier molecular flexibility index (Phi) is 5.94. The van der Waals surface area contributed by atoms with Crippen LogP contribution < -0.4 is 5.73 Å². The van der Waals surface area contributed by atoms with Crippen molar-refractivity contribution < 1.29 is 44.6 Å². The van der Waals surface area contributed by atoms with E-state index >= 15 is 0 Å². The van der Waals surface area contributed by atoms with Crippen LogP contribution in [0.4, 0.5) is 0 Å². The molecule has 0 unspecified atom stereocenters. The molecule has 2 aliphatic carbocycles. The summed E-state index contributed by atoms with van der Waals surface area (Å²) in [5, 5.41) is 54.4. The van der Waals surface area contributed by atoms with Crippen LogP contribution >= 0.6 is 0 Å². The fourth-order valence-electron chi connectivity index (χ4n) is 5.50. The molecule has 1 fully saturated rings. The Morgan fingerprint density at radius 2 is 1.69 bits per heavy atom. The summed E-state index contributed by atoms with van der Waals surface area (Å²) in [6, 6.07) is 5.47. The van der Waals surface area contributed by atoms with E-state index in [2.05, 4.69) is 0 Å². The molecule has 0 spiro atoms. The lowest BCUT2D eigenvalue weighted by molar-refractivity contribution is -0.250. The second-order valence-corrected chi connectivity index (χ2v) is 9.99. The first-order chi connectivity index (χ1) is 16.9. The van der Waals surface area contributed by atoms with Gasteiger partial charge in [-0.2, -0.15) is 0 Å². The van der Waals surface area contributed by atoms with Gasteiger partial charge in [-0.25, -0.2) is 0 Å². The van der Waals surface area contributed by atoms with Crippen molar-refractivity contribution in [2.45, 2.75) is 75.5 Å². The van der Waals surface area contributed by atoms with Gasteiger partial charge in [0.15, 0.2) is 17.9 Å². The Morgan fingerprint density at radius 3 is 2.25 bits per heavy atom. The molecule has 10 heteroatoms. The lowest BCUT2D eigenvalue weighted by atomic mass is 9.71. The number of phenolic OH excluding ortho intramolecular Hbond substituents is 2. The summed E-state index contributed by atoms with van der Waals surface area (Å²) in [7, 11) is 0. The lowest BCUT2D eigenvalue weighted by Crippen LogP contribution is -2.53. The smallest absolute Gasteiger partial charge is 0.198 e. The van der Waals surface area contributed by atoms with E-state index in [0.717, 1.165) is 0 Å². The van der Waals surface area contributed by atoms with Crippen LogP contribution in [0, 0.1) is 0 Å². The van der Waals surface area contributed by atoms with Crippen molar-refractivity contribution in [2.24, 2.45) is 5.73 Å². The molecule has 0 saturated carbocycles. The van der Waals surface area contributed by atoms with E-state index in [1.54, 1.807) is 19.1 Å². The van der Waals surface area contributed by atoms with Gasteiger partial charge in [0, 0.05) is 47.6 Å². The van der Waals surface area contributed by atoms with Gasteiger partial charge in [-0.05, 0) is 13.8 Å². The van der Waals surface area contributed by atoms with Gasteiger partial charge in [0.25, 0.3) is 0 Å². The van der Waals surface area contributed by atoms with E-state index < -0.39 is 65.4 Å². The van der Waals surface area contributed by atoms with Crippen molar-refractivity contribution in [2.75, 3.05) is 0 Å². The average Bonchev–Trinajstić information content (AvgIpc) is 2.82. The molecule has 7 atom stereocenters. The highest BCUT2D eigenvalue weighted by Crippen LogP contribution is 2.52. The van der Waals surface area contributed by atoms with Crippen molar-refractivity contribution in [3.8, 4) is 11.5 Å². The summed E-state index contributed by atoms with van der Waals surface area (Å²) >= 11 is 0. The number of ether oxygens (including phenoxy) is 2. The number of aromatic hydroxyl groups is 2. The third-order valence-electron chi connectivity index (χ3n) is 7.65. The third-order valence-corrected chi connectivity index (χ3v) is 7.65. The predicted octanol–water partition coefficient (Wildman–Crippen LogP) is 0.812. The molecule has 0 bridgehead atoms. The van der Waals surface area contributed by atoms with Crippen molar-refractivity contribution in [3.63, 3.8) is 0 Å². The zero-order chi connectivity index (χ0) is 26.1. The molecular formula is C26H29NO9. The molecule has 2 aromatic carbocycles. The Bertz CT molecular complexity index is 1250. The zero-order valence-corrected chi connectivity index (χ0v) is 19.8. The normalized spacial score (nSPS) is 32.4. The van der Waals surface area contributed by atoms with Gasteiger partial charge < -0.3 is 40.7 Å². The van der Waals surface area contributed by atoms with Crippen LogP contribution in [0.2, 0.25) is 0 Å². The minimum atomic E-state index is -1.78. The van der Waals surface area contributed by atoms with Crippen LogP contribution in [-0.2, 0) is 15.9 Å². The monoisotopic (exact) mass is 499 g/mol. The predicted molar refractivity (Wildman–Crippen MR) is 125 cm³/mol. The molecule has 1 aliphatic heterocycles. The molecule has 1 saturated heterocycles. The number of carbonyl (C=O) groups excluding carboxylic acids is 2. The first-order valence-electron chi connectivity index (χ1n) is 11.9. The summed E-state index contributed by atoms with van der Waals surface area (Å²) < 4.78 is 11.8. The molecule has 1 heterocycles. The molecule has 36 heavy (non-hydrogen) atoms. The fourth-order valence-corrected chi connectivity index (χ4v) is 5.50. The van der Waals surface area contributed by atoms with E-state index in [0.29, 0.717) is 0 Å². The maximum atomic E-state index is 13.3. The fraction of sp³-hybridized carbons (Fsp3) is 0.462. The van der Waals surface area contributed by atoms with Crippen LogP contribution in [0.1, 0.15) is 75.8 Å². The molecule has 0 amide bonds. The average molecular weight is 500 g/mol. The number of fused-ring (bicyclic) bond motifs is 3. The van der Waals surface area contributed by atoms with Gasteiger partial charge in [0.2, 0.25) is 0 Å². The van der Waals surface area contributed by atoms with Gasteiger partial charge >= 0.3 is 0 Å². The van der Waals surface area contributed by atoms with Gasteiger partial charge in [-0.3, -0.25) is 9.59 Å². The molecule has 7 N–H and O–H groups in total. The highest BCUT2D eigenvalue weighted by atomic mass is 16.7. The number of carbonyl (C=O) groups is 2. The molecule has 192 valence electrons. The number of phenols is 2. The highest BCUT2D eigenvalue weighted by Gasteiger charge is 2.49. The van der Waals surface area contributed by atoms with Gasteiger partial charge in [-0.15, -0.1) is 0 Å². The minimum absolute atomic E-state index is 0.000350. The molecule has 5 rings (SSSR count). The number of hydrogen-bond donors (Lipinski definition) is 6. The van der Waals surface area contributed by atoms with E-state index in [1.165, 1.54) is 19.1 Å². The van der Waals surface area contributed by atoms with Crippen molar-refractivity contribution >= 4 is 11.6 Å². The first kappa shape index (κ1) is 24.8. The molecule has 10 nitrogen and oxygen atoms in total. The van der Waals surface area contributed by atoms with Crippen molar-refractivity contribution in [3.05, 3.63) is 57.6 Å². The SMILES string of the molecule is C[C@@H]1O[C@@H](O[C@H]2C[C@](O)([C@@H](C)O)Cc3c(O)c4c(c(O)c32)C(=O)c2ccccc2C4=O)C[C@H](N)[C@@H]1O. The maximum Gasteiger partial charge on any atom is 0.198 e. The van der Waals surface area contributed by atoms with Gasteiger partial charge in [-0.1, -0.05) is 24.3 Å². The second kappa shape index (κ2) is 8.62. The number of aliphatic hydroxyl groups is 3. The first-order valence-corrected chi connectivity index (χ1v) is 11.9. The summed E-state index contributed by atoms with van der Waals surface area (Å²) in [6.07, 6.45) is -5.29. The van der Waals surface area contributed by atoms with Gasteiger partial charge in [0.05, 0.1) is 41.1 Å². The third kappa shape index (κ3) is 3.64. The topological polar surface area (TPSA) is 180 Å². The van der Waals surface area contributed by atoms with Crippen molar-refractivity contribution in [1.29, 1.82) is 0 Å². The Balaban J connectivity index is 1.66. The standard InChI is InChI=1S/C26H29NO9/c1-10-21(29)15(27)7-17(35-10)36-16-9-26(34,11(2)28)8-14-18(16)25(33)20-19(24(14)32)22(30)12-5-3-4-6-13(12)23(20)31/h3-6,10-11,15-17,21,28-29,32-34H,7-9,27H2,1-2H3/t10-,11+,15-,16-,17-,21+,26-/m0/s1. The number of nitrogens with two attached hydrogens (primary N) is 1. The van der Waals surface area contributed by atoms with Crippen LogP contribution in [0.5, 0.6) is 11.5 Å². The molecule has 0 radical (unpaired) electrons. The summed E-state index contributed by atoms with van der Waals surface area (Å²) in [6.45, 7) is 3.01. The van der Waals surface area contributed by atoms with Crippen LogP contribution in [0.25, 0.3) is 0 Å². The Hall–Kier alpha value is -2.86. The molecule has 2 aromatic rings. The second-order valence-electron chi connectivity index (χ2n) is 9.99. The largest absolute Gasteiger partial charge is 0.507 e. The summed E-state index contributed by atoms with van der Waals surface area (Å²) in [4.78, 5) is 26.6. The minimum Gasteiger partial charge on any atom is -0.507 e. The van der Waals surface area contributed by atoms with Crippen LogP contribution in [0.3, 0.4) is 0 Å². The van der Waals surface area contributed by atoms with E-state index in [9.17, 15) is 35.1 Å². The molecule has 3 aliphatic rings. The van der Waals surface area contributed by atoms with E-state index in [4.69, 9.17) is 15.2 Å². The number of benzene rings is 2. The summed E-state index contributed by atoms with van der Waals surface area (Å²) in [5.41, 5.74) is 3.77. The number of ketones is 2.